The van der Waals surface area contributed by atoms with Gasteiger partial charge < -0.3 is 14.5 Å². The van der Waals surface area contributed by atoms with Crippen LogP contribution in [-0.4, -0.2) is 48.6 Å². The highest BCUT2D eigenvalue weighted by atomic mass is 35.5. The van der Waals surface area contributed by atoms with Crippen molar-refractivity contribution in [3.05, 3.63) is 53.3 Å². The third kappa shape index (κ3) is 3.99. The highest BCUT2D eigenvalue weighted by Crippen LogP contribution is 2.33. The number of halogens is 2. The zero-order chi connectivity index (χ0) is 18.8. The molecule has 3 aromatic rings. The van der Waals surface area contributed by atoms with Gasteiger partial charge in [-0.2, -0.15) is 0 Å². The number of benzene rings is 2. The summed E-state index contributed by atoms with van der Waals surface area (Å²) in [5, 5.41) is 1.58. The third-order valence-electron chi connectivity index (χ3n) is 4.44. The van der Waals surface area contributed by atoms with Gasteiger partial charge in [0.05, 0.1) is 9.72 Å². The van der Waals surface area contributed by atoms with E-state index in [0.717, 1.165) is 15.3 Å². The number of anilines is 1. The van der Waals surface area contributed by atoms with Gasteiger partial charge in [-0.15, -0.1) is 0 Å². The van der Waals surface area contributed by atoms with Crippen molar-refractivity contribution in [1.82, 2.24) is 9.88 Å². The minimum Gasteiger partial charge on any atom is -0.484 e. The highest BCUT2D eigenvalue weighted by Gasteiger charge is 2.23. The topological polar surface area (TPSA) is 45.7 Å². The highest BCUT2D eigenvalue weighted by molar-refractivity contribution is 7.22. The summed E-state index contributed by atoms with van der Waals surface area (Å²) in [6.45, 7) is 2.58. The zero-order valence-electron chi connectivity index (χ0n) is 14.4. The first-order valence-corrected chi connectivity index (χ1v) is 9.76. The van der Waals surface area contributed by atoms with Crippen molar-refractivity contribution < 1.29 is 13.9 Å². The molecule has 4 rings (SSSR count). The van der Waals surface area contributed by atoms with Gasteiger partial charge >= 0.3 is 0 Å². The van der Waals surface area contributed by atoms with Crippen LogP contribution in [-0.2, 0) is 4.79 Å². The van der Waals surface area contributed by atoms with Crippen molar-refractivity contribution in [2.75, 3.05) is 37.7 Å². The van der Waals surface area contributed by atoms with Gasteiger partial charge in [0.15, 0.2) is 11.7 Å². The molecule has 2 heterocycles. The molecule has 1 aliphatic heterocycles. The predicted molar refractivity (Wildman–Crippen MR) is 105 cm³/mol. The number of amides is 1. The molecule has 140 valence electrons. The number of nitrogens with zero attached hydrogens (tertiary/aromatic N) is 3. The van der Waals surface area contributed by atoms with Gasteiger partial charge in [-0.3, -0.25) is 4.79 Å². The molecule has 1 aromatic heterocycles. The minimum atomic E-state index is -0.332. The first-order valence-electron chi connectivity index (χ1n) is 8.56. The van der Waals surface area contributed by atoms with E-state index in [0.29, 0.717) is 37.0 Å². The molecule has 5 nitrogen and oxygen atoms in total. The van der Waals surface area contributed by atoms with Crippen LogP contribution in [0.2, 0.25) is 5.02 Å². The van der Waals surface area contributed by atoms with E-state index in [1.54, 1.807) is 16.2 Å². The summed E-state index contributed by atoms with van der Waals surface area (Å²) >= 11 is 7.81. The maximum absolute atomic E-state index is 12.9. The average molecular weight is 406 g/mol. The molecule has 0 bridgehead atoms. The lowest BCUT2D eigenvalue weighted by Crippen LogP contribution is -2.50. The van der Waals surface area contributed by atoms with Gasteiger partial charge in [0.25, 0.3) is 5.91 Å². The lowest BCUT2D eigenvalue weighted by atomic mass is 10.3. The number of rotatable bonds is 4. The predicted octanol–water partition coefficient (Wildman–Crippen LogP) is 3.82. The number of ether oxygens (including phenoxy) is 1. The van der Waals surface area contributed by atoms with Crippen LogP contribution in [0.4, 0.5) is 9.52 Å². The summed E-state index contributed by atoms with van der Waals surface area (Å²) < 4.78 is 19.4. The van der Waals surface area contributed by atoms with Crippen molar-refractivity contribution in [3.63, 3.8) is 0 Å². The van der Waals surface area contributed by atoms with E-state index in [1.807, 2.05) is 18.2 Å². The zero-order valence-corrected chi connectivity index (χ0v) is 16.0. The van der Waals surface area contributed by atoms with Crippen LogP contribution in [0.1, 0.15) is 0 Å². The van der Waals surface area contributed by atoms with E-state index in [2.05, 4.69) is 9.88 Å². The maximum atomic E-state index is 12.9. The Morgan fingerprint density at radius 2 is 1.89 bits per heavy atom. The number of carbonyl (C=O) groups is 1. The molecule has 0 aliphatic carbocycles. The van der Waals surface area contributed by atoms with Gasteiger partial charge in [-0.25, -0.2) is 9.37 Å². The Bertz CT molecular complexity index is 955. The van der Waals surface area contributed by atoms with Crippen LogP contribution in [0.15, 0.2) is 42.5 Å². The molecule has 1 fully saturated rings. The summed E-state index contributed by atoms with van der Waals surface area (Å²) in [5.41, 5.74) is 0.824. The molecule has 0 atom stereocenters. The number of aromatic nitrogens is 1. The Morgan fingerprint density at radius 3 is 2.59 bits per heavy atom. The van der Waals surface area contributed by atoms with Crippen LogP contribution in [0, 0.1) is 5.82 Å². The summed E-state index contributed by atoms with van der Waals surface area (Å²) in [4.78, 5) is 20.9. The summed E-state index contributed by atoms with van der Waals surface area (Å²) in [6.07, 6.45) is 0. The largest absolute Gasteiger partial charge is 0.484 e. The van der Waals surface area contributed by atoms with Crippen LogP contribution in [0.5, 0.6) is 5.75 Å². The average Bonchev–Trinajstić information content (AvgIpc) is 3.13. The molecule has 27 heavy (non-hydrogen) atoms. The fraction of sp³-hybridized carbons (Fsp3) is 0.263. The maximum Gasteiger partial charge on any atom is 0.260 e. The molecular formula is C19H17ClFN3O2S. The first-order chi connectivity index (χ1) is 13.1. The van der Waals surface area contributed by atoms with Crippen molar-refractivity contribution in [2.24, 2.45) is 0 Å². The molecule has 8 heteroatoms. The van der Waals surface area contributed by atoms with Gasteiger partial charge in [0.1, 0.15) is 17.1 Å². The number of thiazole rings is 1. The van der Waals surface area contributed by atoms with Crippen LogP contribution < -0.4 is 9.64 Å². The molecule has 1 amide bonds. The van der Waals surface area contributed by atoms with E-state index >= 15 is 0 Å². The Balaban J connectivity index is 1.33. The van der Waals surface area contributed by atoms with E-state index in [4.69, 9.17) is 16.3 Å². The van der Waals surface area contributed by atoms with Crippen molar-refractivity contribution in [1.29, 1.82) is 0 Å². The second-order valence-electron chi connectivity index (χ2n) is 6.19. The van der Waals surface area contributed by atoms with Crippen molar-refractivity contribution in [2.45, 2.75) is 0 Å². The van der Waals surface area contributed by atoms with Crippen molar-refractivity contribution >= 4 is 44.2 Å². The number of hydrogen-bond donors (Lipinski definition) is 0. The SMILES string of the molecule is O=C(COc1ccc(F)cc1)N1CCN(c2nc3c(Cl)cccc3s2)CC1. The molecule has 1 aliphatic rings. The van der Waals surface area contributed by atoms with Crippen LogP contribution in [0.3, 0.4) is 0 Å². The lowest BCUT2D eigenvalue weighted by Gasteiger charge is -2.34. The second-order valence-corrected chi connectivity index (χ2v) is 7.61. The fourth-order valence-electron chi connectivity index (χ4n) is 2.95. The Morgan fingerprint density at radius 1 is 1.15 bits per heavy atom. The number of fused-ring (bicyclic) bond motifs is 1. The van der Waals surface area contributed by atoms with E-state index < -0.39 is 0 Å². The Kier molecular flexibility index (Phi) is 5.13. The molecule has 2 aromatic carbocycles. The first kappa shape index (κ1) is 18.0. The Labute approximate surface area is 164 Å². The molecule has 0 spiro atoms. The van der Waals surface area contributed by atoms with Gasteiger partial charge in [-0.05, 0) is 36.4 Å². The second kappa shape index (κ2) is 7.70. The molecule has 0 radical (unpaired) electrons. The number of piperazine rings is 1. The van der Waals surface area contributed by atoms with E-state index in [9.17, 15) is 9.18 Å². The van der Waals surface area contributed by atoms with E-state index in [1.165, 1.54) is 24.3 Å². The fourth-order valence-corrected chi connectivity index (χ4v) is 4.27. The summed E-state index contributed by atoms with van der Waals surface area (Å²) in [6, 6.07) is 11.4. The lowest BCUT2D eigenvalue weighted by molar-refractivity contribution is -0.133. The molecule has 1 saturated heterocycles. The molecule has 0 unspecified atom stereocenters. The quantitative estimate of drug-likeness (QED) is 0.662. The van der Waals surface area contributed by atoms with Gasteiger partial charge in [0.2, 0.25) is 0 Å². The van der Waals surface area contributed by atoms with Crippen LogP contribution >= 0.6 is 22.9 Å². The number of hydrogen-bond acceptors (Lipinski definition) is 5. The number of carbonyl (C=O) groups excluding carboxylic acids is 1. The monoisotopic (exact) mass is 405 g/mol. The third-order valence-corrected chi connectivity index (χ3v) is 5.82. The standard InChI is InChI=1S/C19H17ClFN3O2S/c20-15-2-1-3-16-18(15)22-19(27-16)24-10-8-23(9-11-24)17(25)12-26-14-6-4-13(21)5-7-14/h1-7H,8-12H2. The van der Waals surface area contributed by atoms with Crippen LogP contribution in [0.25, 0.3) is 10.2 Å². The minimum absolute atomic E-state index is 0.0532. The molecular weight excluding hydrogens is 389 g/mol. The normalized spacial score (nSPS) is 14.6. The number of para-hydroxylation sites is 1. The Hall–Kier alpha value is -2.38. The van der Waals surface area contributed by atoms with Gasteiger partial charge in [-0.1, -0.05) is 29.0 Å². The van der Waals surface area contributed by atoms with E-state index in [-0.39, 0.29) is 18.3 Å². The van der Waals surface area contributed by atoms with Gasteiger partial charge in [0, 0.05) is 26.2 Å². The molecule has 0 N–H and O–H groups in total. The van der Waals surface area contributed by atoms with Crippen molar-refractivity contribution in [3.8, 4) is 5.75 Å². The molecule has 0 saturated carbocycles. The summed E-state index contributed by atoms with van der Waals surface area (Å²) in [5.74, 6) is 0.0713. The summed E-state index contributed by atoms with van der Waals surface area (Å²) in [7, 11) is 0. The smallest absolute Gasteiger partial charge is 0.260 e.